The Hall–Kier alpha value is -4.08. The van der Waals surface area contributed by atoms with Gasteiger partial charge in [-0.3, -0.25) is 4.79 Å². The fraction of sp³-hybridized carbons (Fsp3) is 0.346. The molecule has 36 heavy (non-hydrogen) atoms. The van der Waals surface area contributed by atoms with Crippen LogP contribution in [0.15, 0.2) is 48.7 Å². The summed E-state index contributed by atoms with van der Waals surface area (Å²) >= 11 is 0. The Balaban J connectivity index is 1.42. The number of carbonyl (C=O) groups is 1. The molecule has 0 aliphatic carbocycles. The van der Waals surface area contributed by atoms with Gasteiger partial charge in [-0.15, -0.1) is 0 Å². The number of piperidine rings is 1. The van der Waals surface area contributed by atoms with Crippen molar-refractivity contribution in [1.82, 2.24) is 15.3 Å². The number of anilines is 3. The van der Waals surface area contributed by atoms with E-state index in [-0.39, 0.29) is 17.6 Å². The first kappa shape index (κ1) is 25.0. The van der Waals surface area contributed by atoms with E-state index >= 15 is 0 Å². The molecule has 190 valence electrons. The molecule has 0 saturated carbocycles. The molecule has 1 saturated heterocycles. The van der Waals surface area contributed by atoms with Crippen molar-refractivity contribution >= 4 is 23.4 Å². The Kier molecular flexibility index (Phi) is 8.04. The van der Waals surface area contributed by atoms with Crippen molar-refractivity contribution in [3.63, 3.8) is 0 Å². The average molecular weight is 496 g/mol. The summed E-state index contributed by atoms with van der Waals surface area (Å²) in [6.45, 7) is 1.71. The number of carbonyl (C=O) groups excluding carboxylic acids is 1. The maximum absolute atomic E-state index is 13.1. The molecular formula is C26H30FN5O4. The first-order chi connectivity index (χ1) is 17.5. The highest BCUT2D eigenvalue weighted by atomic mass is 19.1. The van der Waals surface area contributed by atoms with Gasteiger partial charge in [-0.05, 0) is 36.6 Å². The number of amides is 1. The molecule has 1 atom stereocenters. The molecular weight excluding hydrogens is 465 g/mol. The third-order valence-corrected chi connectivity index (χ3v) is 6.06. The Morgan fingerprint density at radius 2 is 1.81 bits per heavy atom. The van der Waals surface area contributed by atoms with Crippen LogP contribution < -0.4 is 29.7 Å². The summed E-state index contributed by atoms with van der Waals surface area (Å²) in [6, 6.07) is 11.5. The maximum Gasteiger partial charge on any atom is 0.229 e. The lowest BCUT2D eigenvalue weighted by molar-refractivity contribution is -0.125. The smallest absolute Gasteiger partial charge is 0.229 e. The van der Waals surface area contributed by atoms with Crippen LogP contribution in [0.25, 0.3) is 0 Å². The van der Waals surface area contributed by atoms with Crippen molar-refractivity contribution in [2.24, 2.45) is 5.92 Å². The van der Waals surface area contributed by atoms with Gasteiger partial charge in [0.1, 0.15) is 11.6 Å². The minimum absolute atomic E-state index is 0.0196. The molecule has 0 radical (unpaired) electrons. The van der Waals surface area contributed by atoms with E-state index in [4.69, 9.17) is 14.2 Å². The Morgan fingerprint density at radius 1 is 1.08 bits per heavy atom. The number of methoxy groups -OCH3 is 3. The number of ether oxygens (including phenoxy) is 3. The van der Waals surface area contributed by atoms with Crippen LogP contribution in [0, 0.1) is 11.7 Å². The third kappa shape index (κ3) is 5.94. The van der Waals surface area contributed by atoms with Crippen LogP contribution in [0.2, 0.25) is 0 Å². The van der Waals surface area contributed by atoms with Gasteiger partial charge in [0.05, 0.1) is 27.2 Å². The van der Waals surface area contributed by atoms with Crippen molar-refractivity contribution in [2.45, 2.75) is 19.4 Å². The quantitative estimate of drug-likeness (QED) is 0.461. The van der Waals surface area contributed by atoms with Crippen LogP contribution in [0.5, 0.6) is 17.2 Å². The lowest BCUT2D eigenvalue weighted by Crippen LogP contribution is -2.43. The lowest BCUT2D eigenvalue weighted by atomic mass is 9.97. The Bertz CT molecular complexity index is 1170. The number of hydrogen-bond acceptors (Lipinski definition) is 8. The molecule has 2 heterocycles. The van der Waals surface area contributed by atoms with E-state index in [0.29, 0.717) is 42.0 Å². The topological polar surface area (TPSA) is 97.8 Å². The van der Waals surface area contributed by atoms with Crippen LogP contribution in [-0.4, -0.2) is 50.3 Å². The zero-order chi connectivity index (χ0) is 25.5. The second kappa shape index (κ2) is 11.6. The molecule has 2 aromatic carbocycles. The van der Waals surface area contributed by atoms with Gasteiger partial charge in [0, 0.05) is 43.7 Å². The number of rotatable bonds is 9. The Labute approximate surface area is 209 Å². The predicted octanol–water partition coefficient (Wildman–Crippen LogP) is 3.92. The molecule has 1 amide bonds. The summed E-state index contributed by atoms with van der Waals surface area (Å²) in [5, 5.41) is 6.16. The van der Waals surface area contributed by atoms with Gasteiger partial charge < -0.3 is 29.7 Å². The third-order valence-electron chi connectivity index (χ3n) is 6.06. The summed E-state index contributed by atoms with van der Waals surface area (Å²) < 4.78 is 29.3. The standard InChI is InChI=1S/C26H30FN5O4/c1-34-21-13-20(14-22(35-2)24(21)36-3)30-26-28-11-10-23(31-26)32-12-4-5-18(16-32)25(33)29-15-17-6-8-19(27)9-7-17/h6-11,13-14,18H,4-5,12,15-16H2,1-3H3,(H,29,33)(H,28,30,31). The predicted molar refractivity (Wildman–Crippen MR) is 135 cm³/mol. The van der Waals surface area contributed by atoms with Crippen molar-refractivity contribution in [1.29, 1.82) is 0 Å². The van der Waals surface area contributed by atoms with Gasteiger partial charge in [-0.25, -0.2) is 9.37 Å². The zero-order valence-corrected chi connectivity index (χ0v) is 20.6. The molecule has 1 aliphatic rings. The highest BCUT2D eigenvalue weighted by Gasteiger charge is 2.26. The first-order valence-electron chi connectivity index (χ1n) is 11.7. The number of nitrogens with one attached hydrogen (secondary N) is 2. The van der Waals surface area contributed by atoms with Crippen LogP contribution in [0.3, 0.4) is 0 Å². The van der Waals surface area contributed by atoms with Gasteiger partial charge in [0.15, 0.2) is 11.5 Å². The van der Waals surface area contributed by atoms with E-state index < -0.39 is 0 Å². The molecule has 9 nitrogen and oxygen atoms in total. The summed E-state index contributed by atoms with van der Waals surface area (Å²) in [4.78, 5) is 23.9. The van der Waals surface area contributed by atoms with Crippen molar-refractivity contribution in [2.75, 3.05) is 44.6 Å². The summed E-state index contributed by atoms with van der Waals surface area (Å²) in [5.41, 5.74) is 1.54. The van der Waals surface area contributed by atoms with E-state index in [1.165, 1.54) is 12.1 Å². The van der Waals surface area contributed by atoms with Crippen LogP contribution >= 0.6 is 0 Å². The van der Waals surface area contributed by atoms with E-state index in [9.17, 15) is 9.18 Å². The lowest BCUT2D eigenvalue weighted by Gasteiger charge is -2.33. The van der Waals surface area contributed by atoms with Gasteiger partial charge in [0.2, 0.25) is 17.6 Å². The van der Waals surface area contributed by atoms with E-state index in [1.54, 1.807) is 51.8 Å². The number of benzene rings is 2. The minimum Gasteiger partial charge on any atom is -0.493 e. The monoisotopic (exact) mass is 495 g/mol. The molecule has 0 bridgehead atoms. The first-order valence-corrected chi connectivity index (χ1v) is 11.7. The van der Waals surface area contributed by atoms with E-state index in [0.717, 1.165) is 30.8 Å². The number of hydrogen-bond donors (Lipinski definition) is 2. The second-order valence-corrected chi connectivity index (χ2v) is 8.41. The summed E-state index contributed by atoms with van der Waals surface area (Å²) in [6.07, 6.45) is 3.35. The molecule has 1 aromatic heterocycles. The normalized spacial score (nSPS) is 15.2. The zero-order valence-electron chi connectivity index (χ0n) is 20.6. The van der Waals surface area contributed by atoms with Crippen LogP contribution in [-0.2, 0) is 11.3 Å². The summed E-state index contributed by atoms with van der Waals surface area (Å²) in [7, 11) is 4.66. The number of aromatic nitrogens is 2. The molecule has 1 fully saturated rings. The largest absolute Gasteiger partial charge is 0.493 e. The summed E-state index contributed by atoms with van der Waals surface area (Å²) in [5.74, 6) is 2.19. The molecule has 1 unspecified atom stereocenters. The van der Waals surface area contributed by atoms with Crippen molar-refractivity contribution < 1.29 is 23.4 Å². The van der Waals surface area contributed by atoms with Gasteiger partial charge in [-0.1, -0.05) is 12.1 Å². The fourth-order valence-electron chi connectivity index (χ4n) is 4.20. The molecule has 2 N–H and O–H groups in total. The van der Waals surface area contributed by atoms with E-state index in [1.807, 2.05) is 6.07 Å². The Morgan fingerprint density at radius 3 is 2.47 bits per heavy atom. The fourth-order valence-corrected chi connectivity index (χ4v) is 4.20. The highest BCUT2D eigenvalue weighted by molar-refractivity contribution is 5.79. The SMILES string of the molecule is COc1cc(Nc2nccc(N3CCCC(C(=O)NCc4ccc(F)cc4)C3)n2)cc(OC)c1OC. The molecule has 10 heteroatoms. The minimum atomic E-state index is -0.294. The highest BCUT2D eigenvalue weighted by Crippen LogP contribution is 2.40. The van der Waals surface area contributed by atoms with Gasteiger partial charge in [-0.2, -0.15) is 4.98 Å². The van der Waals surface area contributed by atoms with Gasteiger partial charge >= 0.3 is 0 Å². The van der Waals surface area contributed by atoms with Crippen LogP contribution in [0.4, 0.5) is 21.8 Å². The molecule has 0 spiro atoms. The average Bonchev–Trinajstić information content (AvgIpc) is 2.92. The number of nitrogens with zero attached hydrogens (tertiary/aromatic N) is 3. The van der Waals surface area contributed by atoms with Crippen molar-refractivity contribution in [3.05, 3.63) is 60.0 Å². The second-order valence-electron chi connectivity index (χ2n) is 8.41. The molecule has 3 aromatic rings. The number of halogens is 1. The van der Waals surface area contributed by atoms with E-state index in [2.05, 4.69) is 25.5 Å². The van der Waals surface area contributed by atoms with Gasteiger partial charge in [0.25, 0.3) is 0 Å². The maximum atomic E-state index is 13.1. The molecule has 1 aliphatic heterocycles. The van der Waals surface area contributed by atoms with Crippen molar-refractivity contribution in [3.8, 4) is 17.2 Å². The van der Waals surface area contributed by atoms with Crippen LogP contribution in [0.1, 0.15) is 18.4 Å². The molecule has 4 rings (SSSR count).